The van der Waals surface area contributed by atoms with Crippen molar-refractivity contribution >= 4 is 0 Å². The largest absolute Gasteiger partial charge is 0.0654 e. The minimum atomic E-state index is 0.883. The second-order valence-electron chi connectivity index (χ2n) is 5.95. The second-order valence-corrected chi connectivity index (χ2v) is 5.95. The molecule has 0 aliphatic heterocycles. The molecule has 0 nitrogen and oxygen atoms in total. The van der Waals surface area contributed by atoms with E-state index in [0.717, 1.165) is 17.8 Å². The van der Waals surface area contributed by atoms with Crippen LogP contribution in [0, 0.1) is 17.8 Å². The van der Waals surface area contributed by atoms with E-state index >= 15 is 0 Å². The van der Waals surface area contributed by atoms with E-state index in [9.17, 15) is 0 Å². The summed E-state index contributed by atoms with van der Waals surface area (Å²) in [6.45, 7) is 11.7. The summed E-state index contributed by atoms with van der Waals surface area (Å²) in [4.78, 5) is 0. The van der Waals surface area contributed by atoms with Crippen molar-refractivity contribution in [3.05, 3.63) is 0 Å². The van der Waals surface area contributed by atoms with Gasteiger partial charge in [-0.2, -0.15) is 0 Å². The zero-order valence-electron chi connectivity index (χ0n) is 11.7. The van der Waals surface area contributed by atoms with Crippen LogP contribution in [-0.4, -0.2) is 0 Å². The molecule has 15 heavy (non-hydrogen) atoms. The fourth-order valence-corrected chi connectivity index (χ4v) is 2.06. The van der Waals surface area contributed by atoms with Gasteiger partial charge in [-0.3, -0.25) is 0 Å². The Hall–Kier alpha value is 0. The molecule has 0 aromatic rings. The van der Waals surface area contributed by atoms with Crippen LogP contribution in [0.25, 0.3) is 0 Å². The van der Waals surface area contributed by atoms with Gasteiger partial charge in [0.15, 0.2) is 0 Å². The van der Waals surface area contributed by atoms with Gasteiger partial charge >= 0.3 is 0 Å². The summed E-state index contributed by atoms with van der Waals surface area (Å²) >= 11 is 0. The Labute approximate surface area is 97.8 Å². The highest BCUT2D eigenvalue weighted by molar-refractivity contribution is 4.62. The Morgan fingerprint density at radius 2 is 1.13 bits per heavy atom. The lowest BCUT2D eigenvalue weighted by Gasteiger charge is -2.18. The van der Waals surface area contributed by atoms with Gasteiger partial charge in [0, 0.05) is 0 Å². The number of unbranched alkanes of at least 4 members (excludes halogenated alkanes) is 1. The molecule has 0 radical (unpaired) electrons. The van der Waals surface area contributed by atoms with Gasteiger partial charge in [-0.1, -0.05) is 79.6 Å². The Morgan fingerprint density at radius 1 is 0.667 bits per heavy atom. The van der Waals surface area contributed by atoms with E-state index in [-0.39, 0.29) is 0 Å². The molecular formula is C15H32. The minimum absolute atomic E-state index is 0.883. The van der Waals surface area contributed by atoms with Crippen molar-refractivity contribution in [2.24, 2.45) is 17.8 Å². The molecule has 0 aliphatic rings. The highest BCUT2D eigenvalue weighted by atomic mass is 14.2. The van der Waals surface area contributed by atoms with E-state index in [0.29, 0.717) is 0 Å². The lowest BCUT2D eigenvalue weighted by atomic mass is 9.88. The maximum atomic E-state index is 2.35. The number of hydrogen-bond donors (Lipinski definition) is 0. The summed E-state index contributed by atoms with van der Waals surface area (Å²) in [5.74, 6) is 2.77. The quantitative estimate of drug-likeness (QED) is 0.462. The second kappa shape index (κ2) is 9.24. The van der Waals surface area contributed by atoms with Gasteiger partial charge in [0.2, 0.25) is 0 Å². The average molecular weight is 212 g/mol. The third kappa shape index (κ3) is 10.3. The van der Waals surface area contributed by atoms with Crippen molar-refractivity contribution in [2.75, 3.05) is 0 Å². The smallest absolute Gasteiger partial charge is 0.0414 e. The molecule has 0 bridgehead atoms. The Bertz CT molecular complexity index is 112. The summed E-state index contributed by atoms with van der Waals surface area (Å²) in [7, 11) is 0. The molecule has 0 spiro atoms. The number of hydrogen-bond acceptors (Lipinski definition) is 0. The molecule has 0 heteroatoms. The summed E-state index contributed by atoms with van der Waals surface area (Å²) < 4.78 is 0. The first-order valence-corrected chi connectivity index (χ1v) is 7.06. The van der Waals surface area contributed by atoms with Crippen LogP contribution < -0.4 is 0 Å². The molecule has 0 aromatic heterocycles. The van der Waals surface area contributed by atoms with E-state index in [2.05, 4.69) is 34.6 Å². The normalized spacial score (nSPS) is 12.0. The molecule has 92 valence electrons. The molecule has 0 unspecified atom stereocenters. The molecule has 0 saturated heterocycles. The van der Waals surface area contributed by atoms with Crippen LogP contribution in [-0.2, 0) is 0 Å². The van der Waals surface area contributed by atoms with Crippen LogP contribution in [0.1, 0.15) is 79.6 Å². The summed E-state index contributed by atoms with van der Waals surface area (Å²) in [6.07, 6.45) is 10.0. The van der Waals surface area contributed by atoms with Crippen molar-refractivity contribution in [2.45, 2.75) is 79.6 Å². The van der Waals surface area contributed by atoms with Crippen molar-refractivity contribution in [3.8, 4) is 0 Å². The fraction of sp³-hybridized carbons (Fsp3) is 1.00. The Balaban J connectivity index is 3.73. The zero-order valence-corrected chi connectivity index (χ0v) is 11.7. The Morgan fingerprint density at radius 3 is 1.47 bits per heavy atom. The van der Waals surface area contributed by atoms with Crippen molar-refractivity contribution in [1.29, 1.82) is 0 Å². The van der Waals surface area contributed by atoms with E-state index in [1.807, 2.05) is 0 Å². The molecule has 0 heterocycles. The van der Waals surface area contributed by atoms with Crippen LogP contribution >= 0.6 is 0 Å². The molecule has 0 amide bonds. The average Bonchev–Trinajstić information content (AvgIpc) is 2.16. The molecule has 0 atom stereocenters. The van der Waals surface area contributed by atoms with Gasteiger partial charge in [0.1, 0.15) is 0 Å². The van der Waals surface area contributed by atoms with Gasteiger partial charge in [0.05, 0.1) is 0 Å². The highest BCUT2D eigenvalue weighted by Gasteiger charge is 2.10. The summed E-state index contributed by atoms with van der Waals surface area (Å²) in [6, 6.07) is 0. The molecule has 0 aliphatic carbocycles. The molecule has 0 N–H and O–H groups in total. The van der Waals surface area contributed by atoms with Crippen LogP contribution in [0.3, 0.4) is 0 Å². The predicted octanol–water partition coefficient (Wildman–Crippen LogP) is 5.67. The first kappa shape index (κ1) is 15.0. The van der Waals surface area contributed by atoms with E-state index < -0.39 is 0 Å². The Kier molecular flexibility index (Phi) is 9.24. The third-order valence-electron chi connectivity index (χ3n) is 3.27. The van der Waals surface area contributed by atoms with Gasteiger partial charge < -0.3 is 0 Å². The minimum Gasteiger partial charge on any atom is -0.0654 e. The highest BCUT2D eigenvalue weighted by Crippen LogP contribution is 2.24. The van der Waals surface area contributed by atoms with Crippen LogP contribution in [0.4, 0.5) is 0 Å². The first-order valence-electron chi connectivity index (χ1n) is 7.06. The maximum absolute atomic E-state index is 2.35. The van der Waals surface area contributed by atoms with Crippen molar-refractivity contribution in [1.82, 2.24) is 0 Å². The van der Waals surface area contributed by atoms with Crippen molar-refractivity contribution < 1.29 is 0 Å². The van der Waals surface area contributed by atoms with Crippen LogP contribution in [0.15, 0.2) is 0 Å². The third-order valence-corrected chi connectivity index (χ3v) is 3.27. The van der Waals surface area contributed by atoms with Crippen LogP contribution in [0.2, 0.25) is 0 Å². The van der Waals surface area contributed by atoms with Crippen LogP contribution in [0.5, 0.6) is 0 Å². The predicted molar refractivity (Wildman–Crippen MR) is 71.2 cm³/mol. The molecule has 0 rings (SSSR count). The van der Waals surface area contributed by atoms with Gasteiger partial charge in [-0.25, -0.2) is 0 Å². The molecule has 0 saturated carbocycles. The van der Waals surface area contributed by atoms with E-state index in [1.54, 1.807) is 0 Å². The topological polar surface area (TPSA) is 0 Å². The van der Waals surface area contributed by atoms with Gasteiger partial charge in [0.25, 0.3) is 0 Å². The molecular weight excluding hydrogens is 180 g/mol. The zero-order chi connectivity index (χ0) is 11.7. The number of rotatable bonds is 9. The van der Waals surface area contributed by atoms with E-state index in [1.165, 1.54) is 44.9 Å². The molecule has 0 aromatic carbocycles. The summed E-state index contributed by atoms with van der Waals surface area (Å²) in [5.41, 5.74) is 0. The SMILES string of the molecule is CCCCC(CCC(C)C)CCC(C)C. The lowest BCUT2D eigenvalue weighted by Crippen LogP contribution is -2.04. The fourth-order valence-electron chi connectivity index (χ4n) is 2.06. The van der Waals surface area contributed by atoms with E-state index in [4.69, 9.17) is 0 Å². The summed E-state index contributed by atoms with van der Waals surface area (Å²) in [5, 5.41) is 0. The van der Waals surface area contributed by atoms with Crippen molar-refractivity contribution in [3.63, 3.8) is 0 Å². The van der Waals surface area contributed by atoms with Gasteiger partial charge in [-0.15, -0.1) is 0 Å². The van der Waals surface area contributed by atoms with Gasteiger partial charge in [-0.05, 0) is 17.8 Å². The molecule has 0 fully saturated rings. The monoisotopic (exact) mass is 212 g/mol. The maximum Gasteiger partial charge on any atom is -0.0414 e. The standard InChI is InChI=1S/C15H32/c1-6-7-8-15(11-9-13(2)3)12-10-14(4)5/h13-15H,6-12H2,1-5H3. The first-order chi connectivity index (χ1) is 7.06. The lowest BCUT2D eigenvalue weighted by molar-refractivity contribution is 0.343.